The number of rotatable bonds is 3. The topological polar surface area (TPSA) is 55.1 Å². The monoisotopic (exact) mass is 384 g/mol. The van der Waals surface area contributed by atoms with Crippen molar-refractivity contribution in [1.29, 1.82) is 0 Å². The number of nitrogens with one attached hydrogen (secondary N) is 1. The number of hydrogen-bond acceptors (Lipinski definition) is 4. The van der Waals surface area contributed by atoms with E-state index >= 15 is 0 Å². The fourth-order valence-electron chi connectivity index (χ4n) is 4.71. The van der Waals surface area contributed by atoms with E-state index in [1.807, 2.05) is 25.1 Å². The molecule has 2 heterocycles. The molecule has 0 fully saturated rings. The number of Topliss-reactive ketones (excluding diaryl/α,β-unsaturated/α-hetero) is 1. The first-order valence-corrected chi connectivity index (χ1v) is 10.3. The van der Waals surface area contributed by atoms with E-state index in [4.69, 9.17) is 4.52 Å². The molecule has 0 radical (unpaired) electrons. The number of ketones is 1. The van der Waals surface area contributed by atoms with Crippen molar-refractivity contribution in [3.8, 4) is 0 Å². The van der Waals surface area contributed by atoms with Gasteiger partial charge < -0.3 is 9.84 Å². The summed E-state index contributed by atoms with van der Waals surface area (Å²) in [5.41, 5.74) is 7.29. The molecule has 0 saturated carbocycles. The van der Waals surface area contributed by atoms with E-state index < -0.39 is 0 Å². The number of aromatic nitrogens is 1. The predicted molar refractivity (Wildman–Crippen MR) is 113 cm³/mol. The zero-order chi connectivity index (χ0) is 20.0. The SMILES string of the molecule is CCc1ccc([C@@H]2C3=C(C[C@@H](c4ccccc4)CC3=O)Nc3onc(C)c32)cc1. The number of carbonyl (C=O) groups excluding carboxylic acids is 1. The molecular formula is C25H24N2O2. The molecule has 1 N–H and O–H groups in total. The summed E-state index contributed by atoms with van der Waals surface area (Å²) in [6.45, 7) is 4.10. The van der Waals surface area contributed by atoms with Gasteiger partial charge in [0.25, 0.3) is 0 Å². The van der Waals surface area contributed by atoms with Crippen molar-refractivity contribution in [2.24, 2.45) is 0 Å². The highest BCUT2D eigenvalue weighted by Crippen LogP contribution is 2.48. The molecule has 1 aromatic heterocycles. The first-order valence-electron chi connectivity index (χ1n) is 10.3. The highest BCUT2D eigenvalue weighted by molar-refractivity contribution is 6.01. The number of benzene rings is 2. The van der Waals surface area contributed by atoms with Crippen LogP contribution in [0.4, 0.5) is 5.88 Å². The lowest BCUT2D eigenvalue weighted by atomic mass is 9.72. The molecule has 5 rings (SSSR count). The summed E-state index contributed by atoms with van der Waals surface area (Å²) in [6, 6.07) is 18.9. The largest absolute Gasteiger partial charge is 0.338 e. The third-order valence-corrected chi connectivity index (χ3v) is 6.25. The van der Waals surface area contributed by atoms with Gasteiger partial charge in [0.1, 0.15) is 0 Å². The van der Waals surface area contributed by atoms with Crippen molar-refractivity contribution in [1.82, 2.24) is 5.16 Å². The van der Waals surface area contributed by atoms with Crippen LogP contribution in [0.1, 0.15) is 59.5 Å². The minimum absolute atomic E-state index is 0.123. The van der Waals surface area contributed by atoms with Gasteiger partial charge in [-0.2, -0.15) is 0 Å². The molecule has 4 heteroatoms. The van der Waals surface area contributed by atoms with Crippen molar-refractivity contribution in [3.63, 3.8) is 0 Å². The van der Waals surface area contributed by atoms with E-state index in [1.165, 1.54) is 11.1 Å². The number of carbonyl (C=O) groups is 1. The maximum atomic E-state index is 13.4. The van der Waals surface area contributed by atoms with E-state index in [2.05, 4.69) is 53.8 Å². The minimum atomic E-state index is -0.123. The molecule has 3 aromatic rings. The van der Waals surface area contributed by atoms with E-state index in [1.54, 1.807) is 0 Å². The van der Waals surface area contributed by atoms with E-state index in [9.17, 15) is 4.79 Å². The van der Waals surface area contributed by atoms with E-state index in [0.717, 1.165) is 40.9 Å². The second kappa shape index (κ2) is 7.03. The highest BCUT2D eigenvalue weighted by Gasteiger charge is 2.41. The van der Waals surface area contributed by atoms with Crippen LogP contribution in [-0.4, -0.2) is 10.9 Å². The number of anilines is 1. The number of aryl methyl sites for hydroxylation is 2. The Kier molecular flexibility index (Phi) is 4.35. The van der Waals surface area contributed by atoms with Gasteiger partial charge >= 0.3 is 0 Å². The summed E-state index contributed by atoms with van der Waals surface area (Å²) < 4.78 is 5.60. The van der Waals surface area contributed by atoms with Gasteiger partial charge in [-0.15, -0.1) is 0 Å². The second-order valence-electron chi connectivity index (χ2n) is 8.00. The molecule has 146 valence electrons. The summed E-state index contributed by atoms with van der Waals surface area (Å²) in [6.07, 6.45) is 2.33. The van der Waals surface area contributed by atoms with Crippen molar-refractivity contribution in [2.45, 2.75) is 44.9 Å². The summed E-state index contributed by atoms with van der Waals surface area (Å²) in [5, 5.41) is 7.59. The molecule has 29 heavy (non-hydrogen) atoms. The van der Waals surface area contributed by atoms with Gasteiger partial charge in [0.05, 0.1) is 11.3 Å². The zero-order valence-electron chi connectivity index (χ0n) is 16.7. The van der Waals surface area contributed by atoms with E-state index in [-0.39, 0.29) is 17.6 Å². The average Bonchev–Trinajstić information content (AvgIpc) is 3.13. The van der Waals surface area contributed by atoms with Crippen LogP contribution in [0.25, 0.3) is 0 Å². The van der Waals surface area contributed by atoms with Gasteiger partial charge in [0.15, 0.2) is 5.78 Å². The van der Waals surface area contributed by atoms with Crippen LogP contribution in [0.2, 0.25) is 0 Å². The number of fused-ring (bicyclic) bond motifs is 1. The van der Waals surface area contributed by atoms with E-state index in [0.29, 0.717) is 12.3 Å². The molecule has 0 spiro atoms. The Bertz CT molecular complexity index is 1090. The number of allylic oxidation sites excluding steroid dienone is 2. The fraction of sp³-hybridized carbons (Fsp3) is 0.280. The summed E-state index contributed by atoms with van der Waals surface area (Å²) in [4.78, 5) is 13.4. The molecule has 0 saturated heterocycles. The molecule has 2 aromatic carbocycles. The van der Waals surface area contributed by atoms with Crippen LogP contribution < -0.4 is 5.32 Å². The molecule has 0 unspecified atom stereocenters. The average molecular weight is 384 g/mol. The third kappa shape index (κ3) is 3.00. The molecule has 1 aliphatic carbocycles. The van der Waals surface area contributed by atoms with Crippen LogP contribution in [0, 0.1) is 6.92 Å². The van der Waals surface area contributed by atoms with Gasteiger partial charge in [-0.3, -0.25) is 4.79 Å². The van der Waals surface area contributed by atoms with Crippen LogP contribution in [0.15, 0.2) is 70.4 Å². The second-order valence-corrected chi connectivity index (χ2v) is 8.00. The summed E-state index contributed by atoms with van der Waals surface area (Å²) >= 11 is 0. The van der Waals surface area contributed by atoms with Crippen LogP contribution in [0.5, 0.6) is 0 Å². The Morgan fingerprint density at radius 3 is 2.52 bits per heavy atom. The number of nitrogens with zero attached hydrogens (tertiary/aromatic N) is 1. The Morgan fingerprint density at radius 2 is 1.79 bits per heavy atom. The van der Waals surface area contributed by atoms with Crippen molar-refractivity contribution in [2.75, 3.05) is 5.32 Å². The normalized spacial score (nSPS) is 20.8. The lowest BCUT2D eigenvalue weighted by Gasteiger charge is -2.34. The number of hydrogen-bond donors (Lipinski definition) is 1. The standard InChI is InChI=1S/C25H24N2O2/c1-3-16-9-11-18(12-10-16)23-22-15(2)27-29-25(22)26-20-13-19(14-21(28)24(20)23)17-7-5-4-6-8-17/h4-12,19,23,26H,3,13-14H2,1-2H3/t19-,23+/m1/s1. The quantitative estimate of drug-likeness (QED) is 0.647. The molecule has 0 amide bonds. The summed E-state index contributed by atoms with van der Waals surface area (Å²) in [5.74, 6) is 0.946. The first kappa shape index (κ1) is 17.9. The van der Waals surface area contributed by atoms with Gasteiger partial charge in [0.2, 0.25) is 5.88 Å². The molecule has 2 aliphatic rings. The Morgan fingerprint density at radius 1 is 1.03 bits per heavy atom. The molecule has 4 nitrogen and oxygen atoms in total. The van der Waals surface area contributed by atoms with Gasteiger partial charge in [-0.1, -0.05) is 66.7 Å². The lowest BCUT2D eigenvalue weighted by molar-refractivity contribution is -0.116. The Labute approximate surface area is 170 Å². The van der Waals surface area contributed by atoms with Gasteiger partial charge in [-0.05, 0) is 42.4 Å². The first-order chi connectivity index (χ1) is 14.2. The van der Waals surface area contributed by atoms with Crippen LogP contribution in [0.3, 0.4) is 0 Å². The lowest BCUT2D eigenvalue weighted by Crippen LogP contribution is -2.29. The smallest absolute Gasteiger partial charge is 0.233 e. The van der Waals surface area contributed by atoms with Gasteiger partial charge in [-0.25, -0.2) is 0 Å². The molecule has 2 atom stereocenters. The summed E-state index contributed by atoms with van der Waals surface area (Å²) in [7, 11) is 0. The van der Waals surface area contributed by atoms with Crippen molar-refractivity contribution < 1.29 is 9.32 Å². The molecule has 0 bridgehead atoms. The van der Waals surface area contributed by atoms with Crippen LogP contribution >= 0.6 is 0 Å². The Hall–Kier alpha value is -3.14. The molecular weight excluding hydrogens is 360 g/mol. The van der Waals surface area contributed by atoms with Crippen molar-refractivity contribution >= 4 is 11.7 Å². The minimum Gasteiger partial charge on any atom is -0.338 e. The fourth-order valence-corrected chi connectivity index (χ4v) is 4.71. The van der Waals surface area contributed by atoms with Crippen molar-refractivity contribution in [3.05, 3.63) is 93.8 Å². The maximum Gasteiger partial charge on any atom is 0.233 e. The van der Waals surface area contributed by atoms with Gasteiger partial charge in [0, 0.05) is 23.6 Å². The predicted octanol–water partition coefficient (Wildman–Crippen LogP) is 5.50. The van der Waals surface area contributed by atoms with Crippen LogP contribution in [-0.2, 0) is 11.2 Å². The zero-order valence-corrected chi connectivity index (χ0v) is 16.7. The third-order valence-electron chi connectivity index (χ3n) is 6.25. The molecule has 1 aliphatic heterocycles. The Balaban J connectivity index is 1.61. The maximum absolute atomic E-state index is 13.4. The highest BCUT2D eigenvalue weighted by atomic mass is 16.5.